The summed E-state index contributed by atoms with van der Waals surface area (Å²) in [5.74, 6) is 0.626. The number of rotatable bonds is 11. The molecule has 2 aliphatic heterocycles. The maximum atomic E-state index is 14.1. The summed E-state index contributed by atoms with van der Waals surface area (Å²) in [6.07, 6.45) is 1.08. The molecule has 3 aromatic carbocycles. The highest BCUT2D eigenvalue weighted by Gasteiger charge is 2.51. The van der Waals surface area contributed by atoms with Gasteiger partial charge in [-0.3, -0.25) is 9.59 Å². The molecule has 9 heteroatoms. The summed E-state index contributed by atoms with van der Waals surface area (Å²) in [5, 5.41) is 23.9. The van der Waals surface area contributed by atoms with Crippen LogP contribution in [-0.4, -0.2) is 73.1 Å². The Morgan fingerprint density at radius 3 is 2.43 bits per heavy atom. The van der Waals surface area contributed by atoms with Crippen LogP contribution in [0.1, 0.15) is 43.4 Å². The van der Waals surface area contributed by atoms with E-state index >= 15 is 0 Å². The molecular formula is C37H48N2O6Si. The normalized spacial score (nSPS) is 23.5. The molecule has 246 valence electrons. The van der Waals surface area contributed by atoms with Crippen molar-refractivity contribution < 1.29 is 29.3 Å². The maximum absolute atomic E-state index is 14.1. The maximum Gasteiger partial charge on any atom is 0.252 e. The van der Waals surface area contributed by atoms with Gasteiger partial charge in [-0.1, -0.05) is 73.7 Å². The number of hydrogen-bond donors (Lipinski definition) is 3. The van der Waals surface area contributed by atoms with Crippen molar-refractivity contribution in [3.05, 3.63) is 89.5 Å². The standard InChI is InChI=1S/C37H48N2O6Si/c1-24-33(18-13-26-9-8-12-29(19-26)38-37(43)25(2)41)45-34(36(24)46(4,5)32-16-14-31(44-3)15-17-32)21-35(42)39-22-28-11-7-6-10-27(28)20-30(39)23-40/h6-12,14-17,19,24-25,30,33-34,36,40-41H,13,18,20-23H2,1-5H3,(H,38,43)/t24-,25-,30-,33+,34-,36+/m0/s1. The molecule has 2 amide bonds. The van der Waals surface area contributed by atoms with Crippen LogP contribution in [0.3, 0.4) is 0 Å². The molecule has 6 atom stereocenters. The number of fused-ring (bicyclic) bond motifs is 1. The first-order valence-corrected chi connectivity index (χ1v) is 19.4. The van der Waals surface area contributed by atoms with Crippen LogP contribution in [0.4, 0.5) is 5.69 Å². The monoisotopic (exact) mass is 644 g/mol. The summed E-state index contributed by atoms with van der Waals surface area (Å²) in [7, 11) is -0.495. The van der Waals surface area contributed by atoms with Crippen LogP contribution in [0.2, 0.25) is 18.6 Å². The molecule has 0 bridgehead atoms. The molecule has 46 heavy (non-hydrogen) atoms. The molecule has 0 radical (unpaired) electrons. The summed E-state index contributed by atoms with van der Waals surface area (Å²) < 4.78 is 12.3. The average Bonchev–Trinajstić information content (AvgIpc) is 3.37. The first-order chi connectivity index (χ1) is 22.0. The van der Waals surface area contributed by atoms with Crippen molar-refractivity contribution in [1.29, 1.82) is 0 Å². The number of hydrogen-bond acceptors (Lipinski definition) is 6. The van der Waals surface area contributed by atoms with Gasteiger partial charge < -0.3 is 29.9 Å². The van der Waals surface area contributed by atoms with Gasteiger partial charge in [-0.15, -0.1) is 0 Å². The molecule has 2 aliphatic rings. The lowest BCUT2D eigenvalue weighted by atomic mass is 9.93. The van der Waals surface area contributed by atoms with Gasteiger partial charge in [0.15, 0.2) is 0 Å². The van der Waals surface area contributed by atoms with E-state index in [1.165, 1.54) is 17.7 Å². The Hall–Kier alpha value is -3.50. The van der Waals surface area contributed by atoms with Crippen LogP contribution >= 0.6 is 0 Å². The lowest BCUT2D eigenvalue weighted by molar-refractivity contribution is -0.138. The fourth-order valence-corrected chi connectivity index (χ4v) is 11.6. The van der Waals surface area contributed by atoms with E-state index in [9.17, 15) is 19.8 Å². The number of nitrogens with one attached hydrogen (secondary N) is 1. The second-order valence-corrected chi connectivity index (χ2v) is 18.2. The number of benzene rings is 3. The highest BCUT2D eigenvalue weighted by molar-refractivity contribution is 6.91. The third kappa shape index (κ3) is 7.38. The van der Waals surface area contributed by atoms with Crippen molar-refractivity contribution in [2.45, 2.75) is 89.1 Å². The van der Waals surface area contributed by atoms with Crippen molar-refractivity contribution in [3.63, 3.8) is 0 Å². The number of carbonyl (C=O) groups excluding carboxylic acids is 2. The van der Waals surface area contributed by atoms with E-state index in [0.717, 1.165) is 29.7 Å². The largest absolute Gasteiger partial charge is 0.497 e. The van der Waals surface area contributed by atoms with E-state index in [-0.39, 0.29) is 48.6 Å². The molecule has 2 heterocycles. The number of amides is 2. The predicted molar refractivity (Wildman–Crippen MR) is 183 cm³/mol. The van der Waals surface area contributed by atoms with Crippen LogP contribution in [0, 0.1) is 5.92 Å². The van der Waals surface area contributed by atoms with Crippen molar-refractivity contribution in [3.8, 4) is 5.75 Å². The molecule has 0 spiro atoms. The van der Waals surface area contributed by atoms with Crippen molar-refractivity contribution in [2.24, 2.45) is 5.92 Å². The molecule has 3 aromatic rings. The van der Waals surface area contributed by atoms with Gasteiger partial charge in [-0.2, -0.15) is 0 Å². The van der Waals surface area contributed by atoms with Gasteiger partial charge in [0.2, 0.25) is 5.91 Å². The summed E-state index contributed by atoms with van der Waals surface area (Å²) in [4.78, 5) is 28.0. The number of anilines is 1. The van der Waals surface area contributed by atoms with Gasteiger partial charge >= 0.3 is 0 Å². The minimum Gasteiger partial charge on any atom is -0.497 e. The van der Waals surface area contributed by atoms with Gasteiger partial charge in [0, 0.05) is 12.2 Å². The van der Waals surface area contributed by atoms with E-state index in [2.05, 4.69) is 49.6 Å². The Balaban J connectivity index is 1.37. The lowest BCUT2D eigenvalue weighted by Crippen LogP contribution is -2.52. The van der Waals surface area contributed by atoms with Crippen LogP contribution in [0.15, 0.2) is 72.8 Å². The fraction of sp³-hybridized carbons (Fsp3) is 0.459. The zero-order valence-corrected chi connectivity index (χ0v) is 28.6. The Labute approximate surface area is 273 Å². The molecule has 1 fully saturated rings. The number of aryl methyl sites for hydroxylation is 1. The molecule has 5 rings (SSSR count). The van der Waals surface area contributed by atoms with E-state index in [4.69, 9.17) is 9.47 Å². The third-order valence-electron chi connectivity index (χ3n) is 10.1. The summed E-state index contributed by atoms with van der Waals surface area (Å²) >= 11 is 0. The number of nitrogens with zero attached hydrogens (tertiary/aromatic N) is 1. The highest BCUT2D eigenvalue weighted by Crippen LogP contribution is 2.47. The molecule has 3 N–H and O–H groups in total. The first kappa shape index (κ1) is 33.8. The number of aliphatic hydroxyl groups excluding tert-OH is 2. The van der Waals surface area contributed by atoms with Crippen LogP contribution in [0.25, 0.3) is 0 Å². The molecule has 1 saturated heterocycles. The van der Waals surface area contributed by atoms with Gasteiger partial charge in [-0.25, -0.2) is 0 Å². The first-order valence-electron chi connectivity index (χ1n) is 16.4. The van der Waals surface area contributed by atoms with Gasteiger partial charge in [0.1, 0.15) is 11.9 Å². The minimum absolute atomic E-state index is 0.0255. The Bertz CT molecular complexity index is 1510. The number of carbonyl (C=O) groups is 2. The highest BCUT2D eigenvalue weighted by atomic mass is 28.3. The average molecular weight is 645 g/mol. The minimum atomic E-state index is -2.17. The Morgan fingerprint density at radius 2 is 1.76 bits per heavy atom. The summed E-state index contributed by atoms with van der Waals surface area (Å²) in [5.41, 5.74) is 4.24. The number of aliphatic hydroxyl groups is 2. The fourth-order valence-electron chi connectivity index (χ4n) is 7.54. The van der Waals surface area contributed by atoms with E-state index in [0.29, 0.717) is 18.7 Å². The molecular weight excluding hydrogens is 597 g/mol. The van der Waals surface area contributed by atoms with Gasteiger partial charge in [-0.05, 0) is 78.6 Å². The van der Waals surface area contributed by atoms with Crippen LogP contribution < -0.4 is 15.2 Å². The van der Waals surface area contributed by atoms with Crippen molar-refractivity contribution in [1.82, 2.24) is 4.90 Å². The van der Waals surface area contributed by atoms with Crippen molar-refractivity contribution >= 4 is 30.8 Å². The van der Waals surface area contributed by atoms with Gasteiger partial charge in [0.05, 0.1) is 46.5 Å². The second kappa shape index (κ2) is 14.5. The van der Waals surface area contributed by atoms with Crippen LogP contribution in [0.5, 0.6) is 5.75 Å². The SMILES string of the molecule is COc1ccc([Si](C)(C)[C@@H]2[C@@H](C)[C@@H](CCc3cccc(NC(=O)[C@H](C)O)c3)O[C@H]2CC(=O)N2Cc3ccccc3C[C@H]2CO)cc1. The van der Waals surface area contributed by atoms with Gasteiger partial charge in [0.25, 0.3) is 5.91 Å². The molecule has 8 nitrogen and oxygen atoms in total. The summed E-state index contributed by atoms with van der Waals surface area (Å²) in [6.45, 7) is 8.89. The molecule has 0 aliphatic carbocycles. The van der Waals surface area contributed by atoms with Crippen LogP contribution in [-0.2, 0) is 33.7 Å². The number of methoxy groups -OCH3 is 1. The lowest BCUT2D eigenvalue weighted by Gasteiger charge is -2.39. The Morgan fingerprint density at radius 1 is 1.04 bits per heavy atom. The quantitative estimate of drug-likeness (QED) is 0.262. The topological polar surface area (TPSA) is 108 Å². The number of ether oxygens (including phenoxy) is 2. The molecule has 0 aromatic heterocycles. The zero-order valence-electron chi connectivity index (χ0n) is 27.6. The van der Waals surface area contributed by atoms with E-state index in [1.54, 1.807) is 7.11 Å². The smallest absolute Gasteiger partial charge is 0.252 e. The second-order valence-electron chi connectivity index (χ2n) is 13.5. The Kier molecular flexibility index (Phi) is 10.7. The van der Waals surface area contributed by atoms with E-state index in [1.807, 2.05) is 53.4 Å². The molecule has 0 saturated carbocycles. The van der Waals surface area contributed by atoms with Crippen molar-refractivity contribution in [2.75, 3.05) is 19.0 Å². The third-order valence-corrected chi connectivity index (χ3v) is 14.5. The molecule has 0 unspecified atom stereocenters. The summed E-state index contributed by atoms with van der Waals surface area (Å²) in [6, 6.07) is 24.0. The zero-order chi connectivity index (χ0) is 33.0. The predicted octanol–water partition coefficient (Wildman–Crippen LogP) is 4.67. The van der Waals surface area contributed by atoms with E-state index < -0.39 is 20.1 Å².